The molecule has 0 fully saturated rings. The van der Waals surface area contributed by atoms with E-state index in [0.29, 0.717) is 19.6 Å². The maximum Gasteiger partial charge on any atom is 0.226 e. The van der Waals surface area contributed by atoms with E-state index in [4.69, 9.17) is 9.47 Å². The summed E-state index contributed by atoms with van der Waals surface area (Å²) in [6.45, 7) is 2.97. The fraction of sp³-hybridized carbons (Fsp3) is 0.409. The van der Waals surface area contributed by atoms with Gasteiger partial charge < -0.3 is 19.7 Å². The van der Waals surface area contributed by atoms with E-state index in [0.717, 1.165) is 36.6 Å². The predicted molar refractivity (Wildman–Crippen MR) is 106 cm³/mol. The molecule has 0 aliphatic carbocycles. The number of amides is 1. The number of benzene rings is 2. The number of ether oxygens (including phenoxy) is 2. The summed E-state index contributed by atoms with van der Waals surface area (Å²) in [4.78, 5) is 14.7. The largest absolute Gasteiger partial charge is 0.497 e. The summed E-state index contributed by atoms with van der Waals surface area (Å²) < 4.78 is 11.0. The van der Waals surface area contributed by atoms with Crippen LogP contribution in [0, 0.1) is 5.92 Å². The number of carbonyl (C=O) groups excluding carboxylic acids is 1. The van der Waals surface area contributed by atoms with Gasteiger partial charge in [0.25, 0.3) is 0 Å². The Morgan fingerprint density at radius 1 is 1.26 bits per heavy atom. The van der Waals surface area contributed by atoms with E-state index in [1.54, 1.807) is 7.11 Å². The monoisotopic (exact) mass is 368 g/mol. The van der Waals surface area contributed by atoms with Gasteiger partial charge in [0.15, 0.2) is 0 Å². The number of fused-ring (bicyclic) bond motifs is 1. The quantitative estimate of drug-likeness (QED) is 0.728. The highest BCUT2D eigenvalue weighted by Gasteiger charge is 2.26. The highest BCUT2D eigenvalue weighted by molar-refractivity contribution is 5.79. The first-order chi connectivity index (χ1) is 13.2. The van der Waals surface area contributed by atoms with Crippen LogP contribution < -0.4 is 14.8 Å². The summed E-state index contributed by atoms with van der Waals surface area (Å²) in [5, 5.41) is 3.05. The van der Waals surface area contributed by atoms with Crippen molar-refractivity contribution >= 4 is 5.91 Å². The van der Waals surface area contributed by atoms with Gasteiger partial charge in [0.1, 0.15) is 18.1 Å². The number of hydrogen-bond donors (Lipinski definition) is 1. The Labute approximate surface area is 161 Å². The molecule has 1 aliphatic heterocycles. The van der Waals surface area contributed by atoms with Crippen LogP contribution in [0.3, 0.4) is 0 Å². The first kappa shape index (κ1) is 19.2. The lowest BCUT2D eigenvalue weighted by Gasteiger charge is -2.25. The molecule has 5 nitrogen and oxygen atoms in total. The van der Waals surface area contributed by atoms with E-state index < -0.39 is 0 Å². The Hall–Kier alpha value is -2.53. The molecule has 0 spiro atoms. The minimum Gasteiger partial charge on any atom is -0.497 e. The third-order valence-corrected chi connectivity index (χ3v) is 4.86. The maximum absolute atomic E-state index is 12.5. The molecule has 2 aromatic carbocycles. The van der Waals surface area contributed by atoms with Crippen molar-refractivity contribution in [2.75, 3.05) is 33.9 Å². The van der Waals surface area contributed by atoms with Gasteiger partial charge in [-0.3, -0.25) is 4.79 Å². The van der Waals surface area contributed by atoms with Crippen molar-refractivity contribution in [3.05, 3.63) is 59.7 Å². The van der Waals surface area contributed by atoms with Crippen LogP contribution in [0.2, 0.25) is 0 Å². The zero-order chi connectivity index (χ0) is 19.1. The number of nitrogens with zero attached hydrogens (tertiary/aromatic N) is 1. The molecule has 1 aliphatic rings. The molecular formula is C22H28N2O3. The van der Waals surface area contributed by atoms with Crippen molar-refractivity contribution in [2.45, 2.75) is 19.4 Å². The molecule has 5 heteroatoms. The third kappa shape index (κ3) is 5.47. The molecule has 2 aromatic rings. The van der Waals surface area contributed by atoms with Crippen molar-refractivity contribution in [3.8, 4) is 11.5 Å². The van der Waals surface area contributed by atoms with Crippen LogP contribution in [-0.2, 0) is 17.8 Å². The Morgan fingerprint density at radius 2 is 2.07 bits per heavy atom. The van der Waals surface area contributed by atoms with Crippen molar-refractivity contribution < 1.29 is 14.3 Å². The van der Waals surface area contributed by atoms with Gasteiger partial charge >= 0.3 is 0 Å². The molecule has 3 rings (SSSR count). The SMILES string of the molecule is COc1ccc2c(c1)C[C@H](C(=O)NCCCN(C)Cc1ccccc1)CO2. The van der Waals surface area contributed by atoms with Crippen LogP contribution >= 0.6 is 0 Å². The molecule has 27 heavy (non-hydrogen) atoms. The van der Waals surface area contributed by atoms with Gasteiger partial charge in [0, 0.05) is 13.1 Å². The van der Waals surface area contributed by atoms with Crippen LogP contribution in [0.4, 0.5) is 0 Å². The van der Waals surface area contributed by atoms with Crippen molar-refractivity contribution in [2.24, 2.45) is 5.92 Å². The van der Waals surface area contributed by atoms with E-state index in [1.807, 2.05) is 24.3 Å². The molecule has 144 valence electrons. The summed E-state index contributed by atoms with van der Waals surface area (Å²) in [7, 11) is 3.75. The van der Waals surface area contributed by atoms with Gasteiger partial charge in [-0.25, -0.2) is 0 Å². The predicted octanol–water partition coefficient (Wildman–Crippen LogP) is 2.88. The molecule has 1 heterocycles. The number of methoxy groups -OCH3 is 1. The maximum atomic E-state index is 12.5. The van der Waals surface area contributed by atoms with Crippen LogP contribution in [0.1, 0.15) is 17.5 Å². The average molecular weight is 368 g/mol. The second kappa shape index (κ2) is 9.42. The summed E-state index contributed by atoms with van der Waals surface area (Å²) in [6, 6.07) is 16.2. The Kier molecular flexibility index (Phi) is 6.71. The molecule has 0 bridgehead atoms. The molecule has 0 unspecified atom stereocenters. The van der Waals surface area contributed by atoms with Crippen molar-refractivity contribution in [3.63, 3.8) is 0 Å². The van der Waals surface area contributed by atoms with Gasteiger partial charge in [-0.15, -0.1) is 0 Å². The average Bonchev–Trinajstić information content (AvgIpc) is 2.71. The van der Waals surface area contributed by atoms with Gasteiger partial charge in [-0.2, -0.15) is 0 Å². The second-order valence-electron chi connectivity index (χ2n) is 7.05. The van der Waals surface area contributed by atoms with Crippen LogP contribution in [0.15, 0.2) is 48.5 Å². The Morgan fingerprint density at radius 3 is 2.85 bits per heavy atom. The highest BCUT2D eigenvalue weighted by atomic mass is 16.5. The smallest absolute Gasteiger partial charge is 0.226 e. The first-order valence-corrected chi connectivity index (χ1v) is 9.45. The molecule has 0 saturated heterocycles. The van der Waals surface area contributed by atoms with Crippen LogP contribution in [0.5, 0.6) is 11.5 Å². The lowest BCUT2D eigenvalue weighted by atomic mass is 9.96. The number of nitrogens with one attached hydrogen (secondary N) is 1. The zero-order valence-electron chi connectivity index (χ0n) is 16.1. The van der Waals surface area contributed by atoms with Gasteiger partial charge in [-0.1, -0.05) is 30.3 Å². The van der Waals surface area contributed by atoms with Crippen molar-refractivity contribution in [1.29, 1.82) is 0 Å². The van der Waals surface area contributed by atoms with E-state index in [9.17, 15) is 4.79 Å². The number of carbonyl (C=O) groups is 1. The molecule has 0 saturated carbocycles. The third-order valence-electron chi connectivity index (χ3n) is 4.86. The van der Waals surface area contributed by atoms with Gasteiger partial charge in [0.2, 0.25) is 5.91 Å². The van der Waals surface area contributed by atoms with E-state index in [-0.39, 0.29) is 11.8 Å². The summed E-state index contributed by atoms with van der Waals surface area (Å²) in [5.74, 6) is 1.56. The summed E-state index contributed by atoms with van der Waals surface area (Å²) in [6.07, 6.45) is 1.61. The minimum atomic E-state index is -0.147. The van der Waals surface area contributed by atoms with Gasteiger partial charge in [-0.05, 0) is 55.8 Å². The lowest BCUT2D eigenvalue weighted by Crippen LogP contribution is -2.38. The van der Waals surface area contributed by atoms with Crippen LogP contribution in [-0.4, -0.2) is 44.7 Å². The summed E-state index contributed by atoms with van der Waals surface area (Å²) in [5.41, 5.74) is 2.33. The fourth-order valence-corrected chi connectivity index (χ4v) is 3.35. The van der Waals surface area contributed by atoms with E-state index in [1.165, 1.54) is 5.56 Å². The normalized spacial score (nSPS) is 15.7. The molecule has 1 atom stereocenters. The van der Waals surface area contributed by atoms with Gasteiger partial charge in [0.05, 0.1) is 13.0 Å². The minimum absolute atomic E-state index is 0.0641. The van der Waals surface area contributed by atoms with E-state index in [2.05, 4.69) is 41.5 Å². The van der Waals surface area contributed by atoms with E-state index >= 15 is 0 Å². The lowest BCUT2D eigenvalue weighted by molar-refractivity contribution is -0.126. The molecular weight excluding hydrogens is 340 g/mol. The standard InChI is InChI=1S/C22H28N2O3/c1-24(15-17-7-4-3-5-8-17)12-6-11-23-22(25)19-13-18-14-20(26-2)9-10-21(18)27-16-19/h3-5,7-10,14,19H,6,11-13,15-16H2,1-2H3,(H,23,25)/t19-/m0/s1. The first-order valence-electron chi connectivity index (χ1n) is 9.45. The van der Waals surface area contributed by atoms with Crippen molar-refractivity contribution in [1.82, 2.24) is 10.2 Å². The summed E-state index contributed by atoms with van der Waals surface area (Å²) >= 11 is 0. The molecule has 1 N–H and O–H groups in total. The Bertz CT molecular complexity index is 748. The molecule has 1 amide bonds. The molecule has 0 aromatic heterocycles. The molecule has 0 radical (unpaired) electrons. The fourth-order valence-electron chi connectivity index (χ4n) is 3.35. The topological polar surface area (TPSA) is 50.8 Å². The number of rotatable bonds is 8. The highest BCUT2D eigenvalue weighted by Crippen LogP contribution is 2.30. The Balaban J connectivity index is 1.39. The zero-order valence-corrected chi connectivity index (χ0v) is 16.1. The second-order valence-corrected chi connectivity index (χ2v) is 7.05. The number of hydrogen-bond acceptors (Lipinski definition) is 4. The van der Waals surface area contributed by atoms with Crippen LogP contribution in [0.25, 0.3) is 0 Å².